The van der Waals surface area contributed by atoms with E-state index in [9.17, 15) is 0 Å². The van der Waals surface area contributed by atoms with Crippen molar-refractivity contribution in [2.75, 3.05) is 0 Å². The van der Waals surface area contributed by atoms with Crippen molar-refractivity contribution in [1.82, 2.24) is 4.98 Å². The maximum absolute atomic E-state index is 6.28. The van der Waals surface area contributed by atoms with Crippen molar-refractivity contribution < 1.29 is 4.65 Å². The lowest BCUT2D eigenvalue weighted by Gasteiger charge is -2.34. The van der Waals surface area contributed by atoms with Crippen LogP contribution in [0, 0.1) is 5.41 Å². The number of nitrogens with zero attached hydrogens (tertiary/aromatic N) is 1. The molecule has 0 aliphatic carbocycles. The Hall–Kier alpha value is -1.61. The quantitative estimate of drug-likeness (QED) is 0.780. The summed E-state index contributed by atoms with van der Waals surface area (Å²) in [6.45, 7) is 9.14. The number of benzene rings is 1. The zero-order valence-electron chi connectivity index (χ0n) is 13.3. The van der Waals surface area contributed by atoms with Crippen molar-refractivity contribution in [2.24, 2.45) is 5.41 Å². The summed E-state index contributed by atoms with van der Waals surface area (Å²) in [5, 5.41) is 0. The molecule has 108 valence electrons. The van der Waals surface area contributed by atoms with Gasteiger partial charge in [0.25, 0.3) is 0 Å². The van der Waals surface area contributed by atoms with E-state index in [1.165, 1.54) is 5.46 Å². The van der Waals surface area contributed by atoms with E-state index in [2.05, 4.69) is 56.9 Å². The molecule has 0 atom stereocenters. The van der Waals surface area contributed by atoms with Crippen LogP contribution < -0.4 is 5.46 Å². The van der Waals surface area contributed by atoms with Crippen molar-refractivity contribution in [3.63, 3.8) is 0 Å². The van der Waals surface area contributed by atoms with Crippen LogP contribution in [0.25, 0.3) is 11.3 Å². The molecular weight excluding hydrogens is 257 g/mol. The molecule has 1 fully saturated rings. The number of hydrogen-bond donors (Lipinski definition) is 0. The second kappa shape index (κ2) is 4.99. The van der Waals surface area contributed by atoms with E-state index < -0.39 is 0 Å². The number of pyridine rings is 1. The summed E-state index contributed by atoms with van der Waals surface area (Å²) in [4.78, 5) is 4.39. The lowest BCUT2D eigenvalue weighted by Crippen LogP contribution is -2.36. The molecule has 2 heterocycles. The van der Waals surface area contributed by atoms with Crippen LogP contribution in [-0.2, 0) is 4.65 Å². The monoisotopic (exact) mass is 279 g/mol. The Morgan fingerprint density at radius 2 is 1.71 bits per heavy atom. The van der Waals surface area contributed by atoms with Crippen molar-refractivity contribution in [2.45, 2.75) is 39.6 Å². The van der Waals surface area contributed by atoms with E-state index in [-0.39, 0.29) is 17.9 Å². The number of aromatic nitrogens is 1. The van der Waals surface area contributed by atoms with Gasteiger partial charge < -0.3 is 4.65 Å². The fourth-order valence-corrected chi connectivity index (χ4v) is 2.85. The van der Waals surface area contributed by atoms with Crippen LogP contribution in [0.3, 0.4) is 0 Å². The maximum atomic E-state index is 6.28. The molecule has 0 spiro atoms. The van der Waals surface area contributed by atoms with E-state index in [4.69, 9.17) is 4.65 Å². The summed E-state index contributed by atoms with van der Waals surface area (Å²) in [5.74, 6) is 0. The molecule has 0 saturated carbocycles. The first kappa shape index (κ1) is 14.3. The summed E-state index contributed by atoms with van der Waals surface area (Å²) in [5.41, 5.74) is 3.52. The van der Waals surface area contributed by atoms with Crippen LogP contribution in [-0.4, -0.2) is 17.5 Å². The van der Waals surface area contributed by atoms with E-state index in [1.807, 2.05) is 24.4 Å². The molecule has 3 heteroatoms. The summed E-state index contributed by atoms with van der Waals surface area (Å²) in [6, 6.07) is 14.6. The highest BCUT2D eigenvalue weighted by molar-refractivity contribution is 6.68. The highest BCUT2D eigenvalue weighted by Crippen LogP contribution is 2.45. The summed E-state index contributed by atoms with van der Waals surface area (Å²) >= 11 is 0. The molecule has 1 saturated heterocycles. The molecule has 1 aliphatic heterocycles. The lowest BCUT2D eigenvalue weighted by atomic mass is 9.54. The first-order chi connectivity index (χ1) is 9.89. The first-order valence-corrected chi connectivity index (χ1v) is 7.58. The molecule has 0 bridgehead atoms. The lowest BCUT2D eigenvalue weighted by molar-refractivity contribution is 0.0375. The standard InChI is InChI=1S/C18H22BNO/c1-17(2)13-19(21-18(17,3)4)15-10-8-14(9-11-15)16-7-5-6-12-20-16/h5-12H,13H2,1-4H3. The Bertz CT molecular complexity index is 603. The Kier molecular flexibility index (Phi) is 3.41. The Labute approximate surface area is 127 Å². The highest BCUT2D eigenvalue weighted by atomic mass is 16.5. The average molecular weight is 279 g/mol. The molecule has 0 unspecified atom stereocenters. The first-order valence-electron chi connectivity index (χ1n) is 7.58. The topological polar surface area (TPSA) is 22.1 Å². The van der Waals surface area contributed by atoms with Crippen molar-refractivity contribution in [3.05, 3.63) is 48.7 Å². The molecule has 2 nitrogen and oxygen atoms in total. The van der Waals surface area contributed by atoms with Gasteiger partial charge in [-0.2, -0.15) is 0 Å². The molecule has 0 amide bonds. The Balaban J connectivity index is 1.83. The minimum absolute atomic E-state index is 0.0860. The normalized spacial score (nSPS) is 19.7. The minimum Gasteiger partial charge on any atom is -0.426 e. The second-order valence-electron chi connectivity index (χ2n) is 7.04. The van der Waals surface area contributed by atoms with E-state index >= 15 is 0 Å². The van der Waals surface area contributed by atoms with Gasteiger partial charge in [0.05, 0.1) is 11.3 Å². The Morgan fingerprint density at radius 1 is 1.00 bits per heavy atom. The summed E-state index contributed by atoms with van der Waals surface area (Å²) in [7, 11) is 0. The van der Waals surface area contributed by atoms with Crippen molar-refractivity contribution in [3.8, 4) is 11.3 Å². The fourth-order valence-electron chi connectivity index (χ4n) is 2.85. The maximum Gasteiger partial charge on any atom is 0.327 e. The minimum atomic E-state index is -0.0860. The Morgan fingerprint density at radius 3 is 2.24 bits per heavy atom. The molecule has 0 radical (unpaired) electrons. The molecule has 3 rings (SSSR count). The fraction of sp³-hybridized carbons (Fsp3) is 0.389. The van der Waals surface area contributed by atoms with Gasteiger partial charge in [0, 0.05) is 11.8 Å². The molecule has 1 aliphatic rings. The van der Waals surface area contributed by atoms with E-state index in [0.29, 0.717) is 0 Å². The van der Waals surface area contributed by atoms with Gasteiger partial charge in [0.1, 0.15) is 0 Å². The van der Waals surface area contributed by atoms with Crippen LogP contribution in [0.4, 0.5) is 0 Å². The van der Waals surface area contributed by atoms with E-state index in [0.717, 1.165) is 17.6 Å². The second-order valence-corrected chi connectivity index (χ2v) is 7.04. The predicted octanol–water partition coefficient (Wildman–Crippen LogP) is 3.78. The SMILES string of the molecule is CC1(C)CB(c2ccc(-c3ccccn3)cc2)OC1(C)C. The van der Waals surface area contributed by atoms with Crippen LogP contribution in [0.1, 0.15) is 27.7 Å². The molecule has 1 aromatic heterocycles. The molecule has 0 N–H and O–H groups in total. The van der Waals surface area contributed by atoms with Gasteiger partial charge in [0.15, 0.2) is 0 Å². The molecule has 21 heavy (non-hydrogen) atoms. The van der Waals surface area contributed by atoms with Crippen LogP contribution in [0.15, 0.2) is 48.7 Å². The van der Waals surface area contributed by atoms with Crippen LogP contribution >= 0.6 is 0 Å². The summed E-state index contributed by atoms with van der Waals surface area (Å²) < 4.78 is 6.28. The van der Waals surface area contributed by atoms with Gasteiger partial charge in [-0.05, 0) is 43.2 Å². The third-order valence-corrected chi connectivity index (χ3v) is 5.01. The third-order valence-electron chi connectivity index (χ3n) is 5.01. The van der Waals surface area contributed by atoms with Crippen molar-refractivity contribution >= 4 is 12.4 Å². The number of hydrogen-bond acceptors (Lipinski definition) is 2. The average Bonchev–Trinajstić information content (AvgIpc) is 2.69. The predicted molar refractivity (Wildman–Crippen MR) is 88.8 cm³/mol. The highest BCUT2D eigenvalue weighted by Gasteiger charge is 2.49. The number of rotatable bonds is 2. The molecular formula is C18H22BNO. The third kappa shape index (κ3) is 2.63. The molecule has 1 aromatic carbocycles. The van der Waals surface area contributed by atoms with Crippen LogP contribution in [0.5, 0.6) is 0 Å². The summed E-state index contributed by atoms with van der Waals surface area (Å²) in [6.07, 6.45) is 2.89. The van der Waals surface area contributed by atoms with Crippen LogP contribution in [0.2, 0.25) is 6.32 Å². The smallest absolute Gasteiger partial charge is 0.327 e. The van der Waals surface area contributed by atoms with Crippen molar-refractivity contribution in [1.29, 1.82) is 0 Å². The molecule has 2 aromatic rings. The van der Waals surface area contributed by atoms with Gasteiger partial charge >= 0.3 is 6.92 Å². The van der Waals surface area contributed by atoms with Gasteiger partial charge in [0.2, 0.25) is 0 Å². The van der Waals surface area contributed by atoms with Gasteiger partial charge in [-0.3, -0.25) is 4.98 Å². The van der Waals surface area contributed by atoms with E-state index in [1.54, 1.807) is 0 Å². The van der Waals surface area contributed by atoms with Gasteiger partial charge in [-0.1, -0.05) is 44.2 Å². The zero-order chi connectivity index (χ0) is 15.1. The zero-order valence-corrected chi connectivity index (χ0v) is 13.3. The van der Waals surface area contributed by atoms with Gasteiger partial charge in [-0.25, -0.2) is 0 Å². The largest absolute Gasteiger partial charge is 0.426 e. The van der Waals surface area contributed by atoms with Gasteiger partial charge in [-0.15, -0.1) is 0 Å².